The van der Waals surface area contributed by atoms with E-state index in [0.717, 1.165) is 24.5 Å². The van der Waals surface area contributed by atoms with E-state index in [2.05, 4.69) is 47.6 Å². The molecule has 0 spiro atoms. The summed E-state index contributed by atoms with van der Waals surface area (Å²) in [5.41, 5.74) is 7.67. The molecule has 0 radical (unpaired) electrons. The lowest BCUT2D eigenvalue weighted by Gasteiger charge is -2.14. The van der Waals surface area contributed by atoms with Gasteiger partial charge in [-0.1, -0.05) is 29.8 Å². The normalized spacial score (nSPS) is 14.4. The summed E-state index contributed by atoms with van der Waals surface area (Å²) >= 11 is 6.25. The van der Waals surface area contributed by atoms with E-state index in [9.17, 15) is 0 Å². The molecular weight excluding hydrogens is 280 g/mol. The number of fused-ring (bicyclic) bond motifs is 3. The zero-order valence-corrected chi connectivity index (χ0v) is 12.7. The highest BCUT2D eigenvalue weighted by atomic mass is 35.5. The van der Waals surface area contributed by atoms with E-state index >= 15 is 0 Å². The second kappa shape index (κ2) is 4.90. The highest BCUT2D eigenvalue weighted by Crippen LogP contribution is 2.35. The number of aryl methyl sites for hydroxylation is 1. The number of hydrogen-bond acceptors (Lipinski definition) is 1. The van der Waals surface area contributed by atoms with Crippen molar-refractivity contribution in [1.82, 2.24) is 10.3 Å². The molecule has 0 saturated heterocycles. The summed E-state index contributed by atoms with van der Waals surface area (Å²) in [6.45, 7) is 4.06. The van der Waals surface area contributed by atoms with Crippen LogP contribution in [-0.4, -0.2) is 11.5 Å². The summed E-state index contributed by atoms with van der Waals surface area (Å²) in [5, 5.41) is 5.58. The van der Waals surface area contributed by atoms with Gasteiger partial charge in [-0.25, -0.2) is 0 Å². The maximum atomic E-state index is 6.25. The van der Waals surface area contributed by atoms with Crippen LogP contribution in [0.5, 0.6) is 0 Å². The van der Waals surface area contributed by atoms with Crippen LogP contribution in [0.4, 0.5) is 0 Å². The third-order valence-electron chi connectivity index (χ3n) is 4.22. The van der Waals surface area contributed by atoms with Crippen molar-refractivity contribution in [2.24, 2.45) is 0 Å². The molecular formula is C18H17ClN2. The molecule has 2 N–H and O–H groups in total. The molecule has 0 unspecified atom stereocenters. The van der Waals surface area contributed by atoms with Gasteiger partial charge in [0.1, 0.15) is 0 Å². The fraction of sp³-hybridized carbons (Fsp3) is 0.222. The average molecular weight is 297 g/mol. The second-order valence-electron chi connectivity index (χ2n) is 5.75. The van der Waals surface area contributed by atoms with Gasteiger partial charge in [0.2, 0.25) is 0 Å². The average Bonchev–Trinajstić information content (AvgIpc) is 2.84. The van der Waals surface area contributed by atoms with Crippen LogP contribution in [-0.2, 0) is 13.0 Å². The van der Waals surface area contributed by atoms with E-state index in [1.54, 1.807) is 0 Å². The van der Waals surface area contributed by atoms with Crippen molar-refractivity contribution in [1.29, 1.82) is 0 Å². The van der Waals surface area contributed by atoms with Gasteiger partial charge < -0.3 is 10.3 Å². The molecule has 1 aliphatic rings. The van der Waals surface area contributed by atoms with Crippen molar-refractivity contribution >= 4 is 22.5 Å². The first kappa shape index (κ1) is 12.9. The summed E-state index contributed by atoms with van der Waals surface area (Å²) in [6.07, 6.45) is 1.08. The third kappa shape index (κ3) is 2.15. The van der Waals surface area contributed by atoms with E-state index in [-0.39, 0.29) is 0 Å². The van der Waals surface area contributed by atoms with Crippen LogP contribution < -0.4 is 5.32 Å². The third-order valence-corrected chi connectivity index (χ3v) is 4.44. The topological polar surface area (TPSA) is 27.8 Å². The lowest BCUT2D eigenvalue weighted by atomic mass is 9.95. The molecule has 4 rings (SSSR count). The zero-order valence-electron chi connectivity index (χ0n) is 12.0. The Kier molecular flexibility index (Phi) is 3.02. The Bertz CT molecular complexity index is 812. The predicted molar refractivity (Wildman–Crippen MR) is 88.9 cm³/mol. The second-order valence-corrected chi connectivity index (χ2v) is 6.19. The lowest BCUT2D eigenvalue weighted by Crippen LogP contribution is -2.23. The van der Waals surface area contributed by atoms with Gasteiger partial charge in [-0.3, -0.25) is 0 Å². The molecule has 0 saturated carbocycles. The molecule has 2 aromatic carbocycles. The van der Waals surface area contributed by atoms with Crippen molar-refractivity contribution in [3.63, 3.8) is 0 Å². The van der Waals surface area contributed by atoms with E-state index in [1.807, 2.05) is 6.07 Å². The predicted octanol–water partition coefficient (Wildman–Crippen LogP) is 4.44. The number of H-pyrrole nitrogens is 1. The van der Waals surface area contributed by atoms with Gasteiger partial charge in [0.15, 0.2) is 0 Å². The Labute approximate surface area is 129 Å². The van der Waals surface area contributed by atoms with Crippen molar-refractivity contribution in [2.75, 3.05) is 6.54 Å². The Morgan fingerprint density at radius 1 is 1.14 bits per heavy atom. The minimum atomic E-state index is 0.799. The fourth-order valence-corrected chi connectivity index (χ4v) is 3.65. The Hall–Kier alpha value is -1.77. The standard InChI is InChI=1S/C18H17ClN2/c1-11-7-12(9-13(19)8-11)14-3-2-4-16-18(14)15-5-6-20-10-17(15)21-16/h2-4,7-9,20-21H,5-6,10H2,1H3. The molecule has 0 aliphatic carbocycles. The van der Waals surface area contributed by atoms with Crippen molar-refractivity contribution in [3.05, 3.63) is 58.2 Å². The molecule has 0 atom stereocenters. The van der Waals surface area contributed by atoms with Crippen LogP contribution >= 0.6 is 11.6 Å². The number of benzene rings is 2. The number of nitrogens with one attached hydrogen (secondary N) is 2. The molecule has 3 heteroatoms. The van der Waals surface area contributed by atoms with Gasteiger partial charge in [-0.05, 0) is 60.3 Å². The molecule has 0 bridgehead atoms. The zero-order chi connectivity index (χ0) is 14.4. The van der Waals surface area contributed by atoms with E-state index in [4.69, 9.17) is 11.6 Å². The summed E-state index contributed by atoms with van der Waals surface area (Å²) in [5.74, 6) is 0. The monoisotopic (exact) mass is 296 g/mol. The first-order valence-corrected chi connectivity index (χ1v) is 7.71. The largest absolute Gasteiger partial charge is 0.357 e. The molecule has 0 fully saturated rings. The van der Waals surface area contributed by atoms with Gasteiger partial charge in [0.25, 0.3) is 0 Å². The molecule has 2 nitrogen and oxygen atoms in total. The molecule has 0 amide bonds. The minimum absolute atomic E-state index is 0.799. The minimum Gasteiger partial charge on any atom is -0.357 e. The fourth-order valence-electron chi connectivity index (χ4n) is 3.36. The van der Waals surface area contributed by atoms with E-state index in [1.165, 1.54) is 38.9 Å². The summed E-state index contributed by atoms with van der Waals surface area (Å²) < 4.78 is 0. The van der Waals surface area contributed by atoms with Crippen LogP contribution in [0, 0.1) is 6.92 Å². The summed E-state index contributed by atoms with van der Waals surface area (Å²) in [7, 11) is 0. The Morgan fingerprint density at radius 3 is 2.90 bits per heavy atom. The van der Waals surface area contributed by atoms with Crippen molar-refractivity contribution < 1.29 is 0 Å². The number of rotatable bonds is 1. The van der Waals surface area contributed by atoms with Gasteiger partial charge in [-0.2, -0.15) is 0 Å². The molecule has 1 aliphatic heterocycles. The van der Waals surface area contributed by atoms with Gasteiger partial charge in [0, 0.05) is 28.2 Å². The number of hydrogen-bond donors (Lipinski definition) is 2. The Balaban J connectivity index is 2.02. The molecule has 2 heterocycles. The quantitative estimate of drug-likeness (QED) is 0.682. The summed E-state index contributed by atoms with van der Waals surface area (Å²) in [4.78, 5) is 3.56. The highest BCUT2D eigenvalue weighted by Gasteiger charge is 2.18. The molecule has 1 aromatic heterocycles. The van der Waals surface area contributed by atoms with Crippen LogP contribution in [0.1, 0.15) is 16.8 Å². The number of aromatic amines is 1. The van der Waals surface area contributed by atoms with Crippen LogP contribution in [0.25, 0.3) is 22.0 Å². The highest BCUT2D eigenvalue weighted by molar-refractivity contribution is 6.31. The SMILES string of the molecule is Cc1cc(Cl)cc(-c2cccc3[nH]c4c(c23)CCNC4)c1. The molecule has 3 aromatic rings. The molecule has 21 heavy (non-hydrogen) atoms. The number of halogens is 1. The van der Waals surface area contributed by atoms with E-state index < -0.39 is 0 Å². The van der Waals surface area contributed by atoms with Crippen LogP contribution in [0.2, 0.25) is 5.02 Å². The van der Waals surface area contributed by atoms with Crippen molar-refractivity contribution in [2.45, 2.75) is 19.9 Å². The maximum absolute atomic E-state index is 6.25. The van der Waals surface area contributed by atoms with Crippen LogP contribution in [0.3, 0.4) is 0 Å². The summed E-state index contributed by atoms with van der Waals surface area (Å²) in [6, 6.07) is 12.7. The van der Waals surface area contributed by atoms with Gasteiger partial charge >= 0.3 is 0 Å². The van der Waals surface area contributed by atoms with Crippen LogP contribution in [0.15, 0.2) is 36.4 Å². The van der Waals surface area contributed by atoms with Crippen molar-refractivity contribution in [3.8, 4) is 11.1 Å². The smallest absolute Gasteiger partial charge is 0.0465 e. The van der Waals surface area contributed by atoms with Gasteiger partial charge in [0.05, 0.1) is 0 Å². The first-order chi connectivity index (χ1) is 10.2. The van der Waals surface area contributed by atoms with Gasteiger partial charge in [-0.15, -0.1) is 0 Å². The Morgan fingerprint density at radius 2 is 2.05 bits per heavy atom. The lowest BCUT2D eigenvalue weighted by molar-refractivity contribution is 0.637. The molecule has 106 valence electrons. The number of aromatic nitrogens is 1. The first-order valence-electron chi connectivity index (χ1n) is 7.33. The van der Waals surface area contributed by atoms with E-state index in [0.29, 0.717) is 0 Å². The maximum Gasteiger partial charge on any atom is 0.0465 e.